The van der Waals surface area contributed by atoms with Crippen LogP contribution in [0.25, 0.3) is 10.9 Å². The Balaban J connectivity index is 1.70. The van der Waals surface area contributed by atoms with Crippen molar-refractivity contribution in [2.45, 2.75) is 51.6 Å². The average molecular weight is 475 g/mol. The summed E-state index contributed by atoms with van der Waals surface area (Å²) in [5, 5.41) is 4.27. The van der Waals surface area contributed by atoms with Gasteiger partial charge in [0, 0.05) is 47.9 Å². The van der Waals surface area contributed by atoms with Gasteiger partial charge in [-0.15, -0.1) is 0 Å². The molecule has 0 saturated heterocycles. The molecule has 3 aromatic rings. The van der Waals surface area contributed by atoms with Crippen molar-refractivity contribution in [1.82, 2.24) is 20.2 Å². The van der Waals surface area contributed by atoms with Gasteiger partial charge in [0.15, 0.2) is 0 Å². The first-order valence-corrected chi connectivity index (χ1v) is 11.9. The van der Waals surface area contributed by atoms with Crippen LogP contribution in [0.3, 0.4) is 0 Å². The molecule has 184 valence electrons. The summed E-state index contributed by atoms with van der Waals surface area (Å²) in [6, 6.07) is 9.34. The number of para-hydroxylation sites is 1. The number of aromatic nitrogens is 2. The molecule has 0 saturated carbocycles. The van der Waals surface area contributed by atoms with E-state index in [4.69, 9.17) is 4.74 Å². The summed E-state index contributed by atoms with van der Waals surface area (Å²) < 4.78 is 46.8. The van der Waals surface area contributed by atoms with Crippen LogP contribution in [0.5, 0.6) is 5.75 Å². The van der Waals surface area contributed by atoms with Crippen LogP contribution in [0.4, 0.5) is 13.2 Å². The highest BCUT2D eigenvalue weighted by atomic mass is 19.3. The summed E-state index contributed by atoms with van der Waals surface area (Å²) in [4.78, 5) is 10.0. The number of nitrogens with one attached hydrogen (secondary N) is 2. The fourth-order valence-electron chi connectivity index (χ4n) is 4.88. The van der Waals surface area contributed by atoms with Gasteiger partial charge in [-0.3, -0.25) is 14.3 Å². The lowest BCUT2D eigenvalue weighted by Gasteiger charge is -2.42. The van der Waals surface area contributed by atoms with Gasteiger partial charge in [-0.05, 0) is 50.9 Å². The van der Waals surface area contributed by atoms with Crippen molar-refractivity contribution in [2.75, 3.05) is 32.9 Å². The number of benzene rings is 1. The van der Waals surface area contributed by atoms with Gasteiger partial charge < -0.3 is 15.0 Å². The fraction of sp³-hybridized carbons (Fsp3) is 0.500. The molecule has 34 heavy (non-hydrogen) atoms. The Hall–Kier alpha value is -2.58. The average Bonchev–Trinajstić information content (AvgIpc) is 3.15. The van der Waals surface area contributed by atoms with Gasteiger partial charge in [0.25, 0.3) is 5.92 Å². The summed E-state index contributed by atoms with van der Waals surface area (Å²) in [5.74, 6) is -2.17. The molecular weight excluding hydrogens is 441 g/mol. The van der Waals surface area contributed by atoms with Crippen LogP contribution in [-0.4, -0.2) is 59.7 Å². The van der Waals surface area contributed by atoms with E-state index in [0.717, 1.165) is 34.6 Å². The Morgan fingerprint density at radius 2 is 2.03 bits per heavy atom. The lowest BCUT2D eigenvalue weighted by molar-refractivity contribution is -0.0372. The van der Waals surface area contributed by atoms with Crippen LogP contribution in [0, 0.1) is 6.92 Å². The van der Waals surface area contributed by atoms with Crippen molar-refractivity contribution < 1.29 is 17.9 Å². The van der Waals surface area contributed by atoms with Gasteiger partial charge in [-0.25, -0.2) is 8.78 Å². The van der Waals surface area contributed by atoms with E-state index in [-0.39, 0.29) is 19.3 Å². The summed E-state index contributed by atoms with van der Waals surface area (Å²) in [6.07, 6.45) is 2.84. The van der Waals surface area contributed by atoms with Crippen LogP contribution < -0.4 is 10.1 Å². The Morgan fingerprint density at radius 1 is 1.24 bits per heavy atom. The zero-order valence-electron chi connectivity index (χ0n) is 20.0. The molecule has 0 bridgehead atoms. The number of nitrogens with zero attached hydrogens (tertiary/aromatic N) is 2. The van der Waals surface area contributed by atoms with E-state index in [1.807, 2.05) is 36.9 Å². The molecule has 4 rings (SSSR count). The quantitative estimate of drug-likeness (QED) is 0.397. The maximum atomic E-state index is 14.3. The van der Waals surface area contributed by atoms with E-state index >= 15 is 0 Å². The van der Waals surface area contributed by atoms with Crippen LogP contribution in [-0.2, 0) is 6.42 Å². The first-order valence-electron chi connectivity index (χ1n) is 11.9. The molecule has 5 nitrogen and oxygen atoms in total. The fourth-order valence-corrected chi connectivity index (χ4v) is 4.88. The smallest absolute Gasteiger partial charge is 0.257 e. The number of pyridine rings is 1. The molecule has 1 aromatic carbocycles. The normalized spacial score (nSPS) is 18.9. The van der Waals surface area contributed by atoms with Crippen LogP contribution in [0.1, 0.15) is 48.8 Å². The van der Waals surface area contributed by atoms with Crippen molar-refractivity contribution in [3.05, 3.63) is 59.0 Å². The molecule has 2 aromatic heterocycles. The van der Waals surface area contributed by atoms with Crippen LogP contribution in [0.15, 0.2) is 36.5 Å². The lowest BCUT2D eigenvalue weighted by Crippen LogP contribution is -2.47. The second-order valence-corrected chi connectivity index (χ2v) is 9.22. The standard InChI is InChI=1S/C26H33F3N4O/c1-17-15-20-19-7-4-5-8-21(19)32-24(20)25(33(17)16-26(3,28)29)23-18(2)22(9-12-31-23)34-14-13-30-11-6-10-27/h4-5,7-9,12,17,25,30,32H,6,10-11,13-16H2,1-3H3/t17-,25-/m1/s1. The maximum absolute atomic E-state index is 14.3. The van der Waals surface area contributed by atoms with Gasteiger partial charge in [-0.1, -0.05) is 18.2 Å². The summed E-state index contributed by atoms with van der Waals surface area (Å²) in [5.41, 5.74) is 4.63. The molecule has 0 unspecified atom stereocenters. The third-order valence-electron chi connectivity index (χ3n) is 6.45. The van der Waals surface area contributed by atoms with E-state index in [9.17, 15) is 13.2 Å². The molecule has 1 aliphatic rings. The summed E-state index contributed by atoms with van der Waals surface area (Å²) in [6.45, 7) is 5.81. The molecule has 0 spiro atoms. The minimum absolute atomic E-state index is 0.0898. The van der Waals surface area contributed by atoms with Gasteiger partial charge in [-0.2, -0.15) is 0 Å². The monoisotopic (exact) mass is 474 g/mol. The molecule has 0 fully saturated rings. The molecule has 0 amide bonds. The number of H-pyrrole nitrogens is 1. The minimum atomic E-state index is -2.84. The van der Waals surface area contributed by atoms with E-state index < -0.39 is 12.0 Å². The van der Waals surface area contributed by atoms with Crippen LogP contribution in [0.2, 0.25) is 0 Å². The Morgan fingerprint density at radius 3 is 2.79 bits per heavy atom. The molecule has 0 aliphatic carbocycles. The second-order valence-electron chi connectivity index (χ2n) is 9.22. The predicted molar refractivity (Wildman–Crippen MR) is 129 cm³/mol. The van der Waals surface area contributed by atoms with Crippen molar-refractivity contribution >= 4 is 10.9 Å². The van der Waals surface area contributed by atoms with Gasteiger partial charge in [0.05, 0.1) is 25.0 Å². The van der Waals surface area contributed by atoms with Crippen molar-refractivity contribution in [2.24, 2.45) is 0 Å². The highest BCUT2D eigenvalue weighted by molar-refractivity contribution is 5.85. The topological polar surface area (TPSA) is 53.2 Å². The van der Waals surface area contributed by atoms with E-state index in [0.29, 0.717) is 44.0 Å². The zero-order valence-corrected chi connectivity index (χ0v) is 20.0. The molecule has 2 atom stereocenters. The van der Waals surface area contributed by atoms with Crippen molar-refractivity contribution in [1.29, 1.82) is 0 Å². The minimum Gasteiger partial charge on any atom is -0.492 e. The summed E-state index contributed by atoms with van der Waals surface area (Å²) in [7, 11) is 0. The molecule has 1 aliphatic heterocycles. The first-order chi connectivity index (χ1) is 16.3. The number of fused-ring (bicyclic) bond motifs is 3. The Bertz CT molecular complexity index is 1110. The predicted octanol–water partition coefficient (Wildman–Crippen LogP) is 5.19. The van der Waals surface area contributed by atoms with Gasteiger partial charge in [0.1, 0.15) is 12.4 Å². The van der Waals surface area contributed by atoms with Gasteiger partial charge in [0.2, 0.25) is 0 Å². The number of hydrogen-bond acceptors (Lipinski definition) is 4. The third-order valence-corrected chi connectivity index (χ3v) is 6.45. The Kier molecular flexibility index (Phi) is 7.48. The molecule has 2 N–H and O–H groups in total. The van der Waals surface area contributed by atoms with Crippen LogP contribution >= 0.6 is 0 Å². The number of alkyl halides is 3. The van der Waals surface area contributed by atoms with Gasteiger partial charge >= 0.3 is 0 Å². The number of ether oxygens (including phenoxy) is 1. The molecule has 0 radical (unpaired) electrons. The lowest BCUT2D eigenvalue weighted by atomic mass is 9.89. The molecule has 3 heterocycles. The third kappa shape index (κ3) is 5.23. The molecule has 8 heteroatoms. The number of hydrogen-bond donors (Lipinski definition) is 2. The summed E-state index contributed by atoms with van der Waals surface area (Å²) >= 11 is 0. The van der Waals surface area contributed by atoms with E-state index in [1.165, 1.54) is 0 Å². The number of halogens is 3. The number of rotatable bonds is 10. The first kappa shape index (κ1) is 24.5. The largest absolute Gasteiger partial charge is 0.492 e. The van der Waals surface area contributed by atoms with Crippen molar-refractivity contribution in [3.8, 4) is 5.75 Å². The Labute approximate surface area is 198 Å². The highest BCUT2D eigenvalue weighted by Crippen LogP contribution is 2.43. The number of aromatic amines is 1. The highest BCUT2D eigenvalue weighted by Gasteiger charge is 2.41. The zero-order chi connectivity index (χ0) is 24.3. The SMILES string of the molecule is Cc1c(OCCNCCCF)ccnc1[C@@H]1c2[nH]c3ccccc3c2C[C@@H](C)N1CC(C)(F)F. The van der Waals surface area contributed by atoms with Crippen molar-refractivity contribution in [3.63, 3.8) is 0 Å². The van der Waals surface area contributed by atoms with E-state index in [1.54, 1.807) is 12.3 Å². The van der Waals surface area contributed by atoms with E-state index in [2.05, 4.69) is 21.4 Å². The molecular formula is C26H33F3N4O. The second kappa shape index (κ2) is 10.4. The maximum Gasteiger partial charge on any atom is 0.257 e.